The Morgan fingerprint density at radius 1 is 1.18 bits per heavy atom. The third-order valence-corrected chi connectivity index (χ3v) is 3.85. The molecule has 1 nitrogen and oxygen atoms in total. The van der Waals surface area contributed by atoms with Gasteiger partial charge in [0.05, 0.1) is 5.92 Å². The van der Waals surface area contributed by atoms with Gasteiger partial charge in [-0.2, -0.15) is 13.2 Å². The third-order valence-electron chi connectivity index (χ3n) is 3.85. The molecule has 1 fully saturated rings. The van der Waals surface area contributed by atoms with E-state index in [9.17, 15) is 13.2 Å². The van der Waals surface area contributed by atoms with Crippen LogP contribution >= 0.6 is 0 Å². The number of rotatable bonds is 4. The van der Waals surface area contributed by atoms with Gasteiger partial charge in [0, 0.05) is 6.04 Å². The lowest BCUT2D eigenvalue weighted by molar-refractivity contribution is -0.199. The molecule has 1 aliphatic carbocycles. The van der Waals surface area contributed by atoms with Gasteiger partial charge in [0.2, 0.25) is 0 Å². The van der Waals surface area contributed by atoms with E-state index in [0.717, 1.165) is 19.3 Å². The molecule has 102 valence electrons. The molecule has 0 aliphatic heterocycles. The molecule has 0 spiro atoms. The molecule has 3 unspecified atom stereocenters. The van der Waals surface area contributed by atoms with Crippen LogP contribution in [-0.2, 0) is 0 Å². The second-order valence-electron chi connectivity index (χ2n) is 5.62. The third kappa shape index (κ3) is 4.16. The summed E-state index contributed by atoms with van der Waals surface area (Å²) in [4.78, 5) is 0. The SMILES string of the molecule is CNC(CC(C)C)C1CCCCC1C(F)(F)F. The molecule has 17 heavy (non-hydrogen) atoms. The minimum Gasteiger partial charge on any atom is -0.317 e. The van der Waals surface area contributed by atoms with Crippen LogP contribution in [0.2, 0.25) is 0 Å². The molecule has 0 amide bonds. The van der Waals surface area contributed by atoms with E-state index < -0.39 is 12.1 Å². The average Bonchev–Trinajstić information content (AvgIpc) is 2.24. The van der Waals surface area contributed by atoms with Gasteiger partial charge < -0.3 is 5.32 Å². The second-order valence-corrected chi connectivity index (χ2v) is 5.62. The van der Waals surface area contributed by atoms with Crippen molar-refractivity contribution in [2.24, 2.45) is 17.8 Å². The van der Waals surface area contributed by atoms with Gasteiger partial charge in [-0.05, 0) is 38.1 Å². The zero-order chi connectivity index (χ0) is 13.1. The van der Waals surface area contributed by atoms with Crippen molar-refractivity contribution in [3.8, 4) is 0 Å². The van der Waals surface area contributed by atoms with E-state index >= 15 is 0 Å². The molecule has 1 saturated carbocycles. The van der Waals surface area contributed by atoms with E-state index in [0.29, 0.717) is 18.8 Å². The summed E-state index contributed by atoms with van der Waals surface area (Å²) in [6, 6.07) is 0.00178. The van der Waals surface area contributed by atoms with Gasteiger partial charge in [-0.1, -0.05) is 26.7 Å². The number of hydrogen-bond donors (Lipinski definition) is 1. The first-order valence-electron chi connectivity index (χ1n) is 6.60. The summed E-state index contributed by atoms with van der Waals surface area (Å²) >= 11 is 0. The van der Waals surface area contributed by atoms with Gasteiger partial charge in [-0.25, -0.2) is 0 Å². The summed E-state index contributed by atoms with van der Waals surface area (Å²) in [5.74, 6) is -0.910. The smallest absolute Gasteiger partial charge is 0.317 e. The van der Waals surface area contributed by atoms with Crippen molar-refractivity contribution in [2.75, 3.05) is 7.05 Å². The van der Waals surface area contributed by atoms with Crippen molar-refractivity contribution in [2.45, 2.75) is 58.2 Å². The van der Waals surface area contributed by atoms with Crippen LogP contribution in [0.3, 0.4) is 0 Å². The van der Waals surface area contributed by atoms with Crippen molar-refractivity contribution < 1.29 is 13.2 Å². The van der Waals surface area contributed by atoms with Crippen molar-refractivity contribution in [1.29, 1.82) is 0 Å². The maximum atomic E-state index is 13.0. The van der Waals surface area contributed by atoms with E-state index in [1.807, 2.05) is 0 Å². The number of alkyl halides is 3. The fraction of sp³-hybridized carbons (Fsp3) is 1.00. The van der Waals surface area contributed by atoms with Gasteiger partial charge in [-0.3, -0.25) is 0 Å². The molecular weight excluding hydrogens is 227 g/mol. The van der Waals surface area contributed by atoms with Crippen molar-refractivity contribution in [3.05, 3.63) is 0 Å². The van der Waals surface area contributed by atoms with Crippen LogP contribution in [0.5, 0.6) is 0 Å². The van der Waals surface area contributed by atoms with Gasteiger partial charge in [0.25, 0.3) is 0 Å². The van der Waals surface area contributed by atoms with Crippen LogP contribution in [0, 0.1) is 17.8 Å². The Bertz CT molecular complexity index is 225. The highest BCUT2D eigenvalue weighted by Crippen LogP contribution is 2.43. The Morgan fingerprint density at radius 3 is 2.24 bits per heavy atom. The highest BCUT2D eigenvalue weighted by atomic mass is 19.4. The maximum absolute atomic E-state index is 13.0. The standard InChI is InChI=1S/C13H24F3N/c1-9(2)8-12(17-3)10-6-4-5-7-11(10)13(14,15)16/h9-12,17H,4-8H2,1-3H3. The molecule has 1 N–H and O–H groups in total. The molecule has 1 aliphatic rings. The van der Waals surface area contributed by atoms with Crippen LogP contribution in [0.4, 0.5) is 13.2 Å². The lowest BCUT2D eigenvalue weighted by atomic mass is 9.73. The number of nitrogens with one attached hydrogen (secondary N) is 1. The lowest BCUT2D eigenvalue weighted by Gasteiger charge is -2.38. The molecule has 0 heterocycles. The first-order chi connectivity index (χ1) is 7.86. The Balaban J connectivity index is 2.75. The summed E-state index contributed by atoms with van der Waals surface area (Å²) in [5.41, 5.74) is 0. The monoisotopic (exact) mass is 251 g/mol. The van der Waals surface area contributed by atoms with Crippen LogP contribution in [-0.4, -0.2) is 19.3 Å². The Kier molecular flexibility index (Phi) is 5.29. The zero-order valence-electron chi connectivity index (χ0n) is 11.0. The second kappa shape index (κ2) is 6.07. The van der Waals surface area contributed by atoms with Crippen molar-refractivity contribution in [3.63, 3.8) is 0 Å². The number of halogens is 3. The number of hydrogen-bond acceptors (Lipinski definition) is 1. The quantitative estimate of drug-likeness (QED) is 0.796. The summed E-state index contributed by atoms with van der Waals surface area (Å²) in [7, 11) is 1.79. The first kappa shape index (κ1) is 14.8. The average molecular weight is 251 g/mol. The Morgan fingerprint density at radius 2 is 1.76 bits per heavy atom. The van der Waals surface area contributed by atoms with Gasteiger partial charge in [0.1, 0.15) is 0 Å². The molecular formula is C13H24F3N. The summed E-state index contributed by atoms with van der Waals surface area (Å²) in [5, 5.41) is 3.11. The Labute approximate surface area is 102 Å². The fourth-order valence-electron chi connectivity index (χ4n) is 3.06. The summed E-state index contributed by atoms with van der Waals surface area (Å²) in [6.07, 6.45) is -0.524. The van der Waals surface area contributed by atoms with Crippen LogP contribution in [0.1, 0.15) is 46.0 Å². The minimum atomic E-state index is -4.03. The van der Waals surface area contributed by atoms with Gasteiger partial charge in [0.15, 0.2) is 0 Å². The van der Waals surface area contributed by atoms with E-state index in [2.05, 4.69) is 19.2 Å². The molecule has 4 heteroatoms. The van der Waals surface area contributed by atoms with E-state index in [1.165, 1.54) is 0 Å². The molecule has 3 atom stereocenters. The normalized spacial score (nSPS) is 28.4. The molecule has 0 aromatic carbocycles. The van der Waals surface area contributed by atoms with Crippen molar-refractivity contribution in [1.82, 2.24) is 5.32 Å². The van der Waals surface area contributed by atoms with Crippen molar-refractivity contribution >= 4 is 0 Å². The molecule has 0 aromatic rings. The molecule has 0 radical (unpaired) electrons. The fourth-order valence-corrected chi connectivity index (χ4v) is 3.06. The minimum absolute atomic E-state index is 0.00178. The molecule has 1 rings (SSSR count). The molecule has 0 saturated heterocycles. The van der Waals surface area contributed by atoms with Gasteiger partial charge in [-0.15, -0.1) is 0 Å². The zero-order valence-corrected chi connectivity index (χ0v) is 11.0. The highest BCUT2D eigenvalue weighted by molar-refractivity contribution is 4.88. The van der Waals surface area contributed by atoms with Crippen LogP contribution < -0.4 is 5.32 Å². The molecule has 0 aromatic heterocycles. The first-order valence-corrected chi connectivity index (χ1v) is 6.60. The predicted molar refractivity (Wildman–Crippen MR) is 63.8 cm³/mol. The van der Waals surface area contributed by atoms with Crippen LogP contribution in [0.15, 0.2) is 0 Å². The van der Waals surface area contributed by atoms with E-state index in [1.54, 1.807) is 7.05 Å². The molecule has 0 bridgehead atoms. The van der Waals surface area contributed by atoms with Gasteiger partial charge >= 0.3 is 6.18 Å². The predicted octanol–water partition coefficient (Wildman–Crippen LogP) is 3.99. The largest absolute Gasteiger partial charge is 0.392 e. The van der Waals surface area contributed by atoms with Crippen LogP contribution in [0.25, 0.3) is 0 Å². The topological polar surface area (TPSA) is 12.0 Å². The summed E-state index contributed by atoms with van der Waals surface area (Å²) < 4.78 is 39.0. The summed E-state index contributed by atoms with van der Waals surface area (Å²) in [6.45, 7) is 4.13. The van der Waals surface area contributed by atoms with E-state index in [4.69, 9.17) is 0 Å². The maximum Gasteiger partial charge on any atom is 0.392 e. The highest BCUT2D eigenvalue weighted by Gasteiger charge is 2.47. The lowest BCUT2D eigenvalue weighted by Crippen LogP contribution is -2.45. The Hall–Kier alpha value is -0.250. The van der Waals surface area contributed by atoms with E-state index in [-0.39, 0.29) is 12.0 Å².